The van der Waals surface area contributed by atoms with Gasteiger partial charge in [-0.2, -0.15) is 10.2 Å². The van der Waals surface area contributed by atoms with Crippen LogP contribution in [-0.4, -0.2) is 75.0 Å². The van der Waals surface area contributed by atoms with E-state index in [1.807, 2.05) is 59.1 Å². The van der Waals surface area contributed by atoms with Crippen LogP contribution >= 0.6 is 0 Å². The summed E-state index contributed by atoms with van der Waals surface area (Å²) >= 11 is 0. The molecule has 5 heterocycles. The number of benzene rings is 1. The first-order chi connectivity index (χ1) is 18.1. The van der Waals surface area contributed by atoms with Gasteiger partial charge in [0.25, 0.3) is 0 Å². The minimum absolute atomic E-state index is 0.0504. The molecule has 1 aromatic carbocycles. The average Bonchev–Trinajstić information content (AvgIpc) is 3.32. The van der Waals surface area contributed by atoms with Crippen LogP contribution in [0.1, 0.15) is 24.2 Å². The van der Waals surface area contributed by atoms with Gasteiger partial charge >= 0.3 is 0 Å². The highest BCUT2D eigenvalue weighted by atomic mass is 16.2. The van der Waals surface area contributed by atoms with Crippen molar-refractivity contribution in [1.29, 1.82) is 0 Å². The van der Waals surface area contributed by atoms with Gasteiger partial charge in [0.1, 0.15) is 11.3 Å². The predicted octanol–water partition coefficient (Wildman–Crippen LogP) is 3.39. The first kappa shape index (κ1) is 23.4. The van der Waals surface area contributed by atoms with Gasteiger partial charge in [-0.15, -0.1) is 5.10 Å². The standard InChI is InChI=1S/C28H32N8O/c1-20-25-21(2)36(23-10-4-3-5-11-23)32-26(25)27(31-30-20)35-14-8-9-22(19-35)28(37)34-17-15-33(16-18-34)24-12-6-7-13-29-24/h3-7,10-13,22H,8-9,14-19H2,1-2H3/t22-/m0/s1. The lowest BCUT2D eigenvalue weighted by atomic mass is 9.96. The van der Waals surface area contributed by atoms with E-state index in [9.17, 15) is 4.79 Å². The molecule has 0 saturated carbocycles. The molecule has 190 valence electrons. The van der Waals surface area contributed by atoms with Gasteiger partial charge in [0.05, 0.1) is 28.4 Å². The summed E-state index contributed by atoms with van der Waals surface area (Å²) in [6.07, 6.45) is 3.66. The minimum Gasteiger partial charge on any atom is -0.353 e. The summed E-state index contributed by atoms with van der Waals surface area (Å²) < 4.78 is 1.97. The van der Waals surface area contributed by atoms with Crippen molar-refractivity contribution < 1.29 is 4.79 Å². The second-order valence-corrected chi connectivity index (χ2v) is 9.95. The van der Waals surface area contributed by atoms with Crippen LogP contribution in [0.2, 0.25) is 0 Å². The molecule has 6 rings (SSSR count). The van der Waals surface area contributed by atoms with Crippen molar-refractivity contribution in [3.63, 3.8) is 0 Å². The number of fused-ring (bicyclic) bond motifs is 1. The summed E-state index contributed by atoms with van der Waals surface area (Å²) in [5.74, 6) is 1.94. The summed E-state index contributed by atoms with van der Waals surface area (Å²) in [4.78, 5) is 24.5. The number of aryl methyl sites for hydroxylation is 2. The molecule has 0 spiro atoms. The zero-order chi connectivity index (χ0) is 25.4. The second kappa shape index (κ2) is 9.80. The number of hydrogen-bond acceptors (Lipinski definition) is 7. The van der Waals surface area contributed by atoms with Crippen LogP contribution in [0.25, 0.3) is 16.6 Å². The number of carbonyl (C=O) groups is 1. The highest BCUT2D eigenvalue weighted by molar-refractivity contribution is 5.92. The maximum atomic E-state index is 13.5. The van der Waals surface area contributed by atoms with Crippen LogP contribution in [0.5, 0.6) is 0 Å². The van der Waals surface area contributed by atoms with Crippen LogP contribution < -0.4 is 9.80 Å². The third-order valence-corrected chi connectivity index (χ3v) is 7.62. The van der Waals surface area contributed by atoms with Gasteiger partial charge in [0, 0.05) is 45.5 Å². The van der Waals surface area contributed by atoms with Crippen LogP contribution in [-0.2, 0) is 4.79 Å². The van der Waals surface area contributed by atoms with Crippen molar-refractivity contribution in [3.8, 4) is 5.69 Å². The van der Waals surface area contributed by atoms with Crippen LogP contribution in [0.15, 0.2) is 54.7 Å². The quantitative estimate of drug-likeness (QED) is 0.428. The van der Waals surface area contributed by atoms with E-state index in [4.69, 9.17) is 5.10 Å². The van der Waals surface area contributed by atoms with E-state index < -0.39 is 0 Å². The number of piperazine rings is 1. The smallest absolute Gasteiger partial charge is 0.227 e. The van der Waals surface area contributed by atoms with Crippen LogP contribution in [0.3, 0.4) is 0 Å². The van der Waals surface area contributed by atoms with Gasteiger partial charge in [-0.1, -0.05) is 24.3 Å². The zero-order valence-electron chi connectivity index (χ0n) is 21.4. The van der Waals surface area contributed by atoms with Crippen LogP contribution in [0.4, 0.5) is 11.6 Å². The number of aromatic nitrogens is 5. The molecular formula is C28H32N8O. The molecule has 2 aliphatic heterocycles. The Hall–Kier alpha value is -4.01. The fourth-order valence-corrected chi connectivity index (χ4v) is 5.67. The number of pyridine rings is 1. The Morgan fingerprint density at radius 1 is 0.892 bits per heavy atom. The number of carbonyl (C=O) groups excluding carboxylic acids is 1. The number of amides is 1. The van der Waals surface area contributed by atoms with Crippen LogP contribution in [0, 0.1) is 19.8 Å². The van der Waals surface area contributed by atoms with Gasteiger partial charge in [-0.3, -0.25) is 4.79 Å². The average molecular weight is 497 g/mol. The monoisotopic (exact) mass is 496 g/mol. The molecule has 9 nitrogen and oxygen atoms in total. The fraction of sp³-hybridized carbons (Fsp3) is 0.393. The molecule has 1 amide bonds. The highest BCUT2D eigenvalue weighted by Crippen LogP contribution is 2.32. The van der Waals surface area contributed by atoms with Crippen molar-refractivity contribution in [2.45, 2.75) is 26.7 Å². The summed E-state index contributed by atoms with van der Waals surface area (Å²) in [5, 5.41) is 15.1. The third kappa shape index (κ3) is 4.39. The molecule has 0 N–H and O–H groups in total. The molecule has 2 aliphatic rings. The molecule has 9 heteroatoms. The van der Waals surface area contributed by atoms with Crippen molar-refractivity contribution >= 4 is 28.4 Å². The number of hydrogen-bond donors (Lipinski definition) is 0. The second-order valence-electron chi connectivity index (χ2n) is 9.95. The topological polar surface area (TPSA) is 83.3 Å². The number of nitrogens with zero attached hydrogens (tertiary/aromatic N) is 8. The Morgan fingerprint density at radius 3 is 2.43 bits per heavy atom. The van der Waals surface area contributed by atoms with E-state index >= 15 is 0 Å². The normalized spacial score (nSPS) is 18.4. The fourth-order valence-electron chi connectivity index (χ4n) is 5.67. The Balaban J connectivity index is 1.21. The van der Waals surface area contributed by atoms with E-state index in [1.165, 1.54) is 0 Å². The summed E-state index contributed by atoms with van der Waals surface area (Å²) in [6.45, 7) is 8.61. The molecular weight excluding hydrogens is 464 g/mol. The summed E-state index contributed by atoms with van der Waals surface area (Å²) in [6, 6.07) is 16.1. The predicted molar refractivity (Wildman–Crippen MR) is 144 cm³/mol. The number of para-hydroxylation sites is 1. The van der Waals surface area contributed by atoms with E-state index in [1.54, 1.807) is 0 Å². The van der Waals surface area contributed by atoms with E-state index in [2.05, 4.69) is 44.0 Å². The summed E-state index contributed by atoms with van der Waals surface area (Å²) in [5.41, 5.74) is 3.78. The lowest BCUT2D eigenvalue weighted by Gasteiger charge is -2.39. The molecule has 4 aromatic rings. The Bertz CT molecular complexity index is 1400. The molecule has 0 radical (unpaired) electrons. The Kier molecular flexibility index (Phi) is 6.20. The SMILES string of the molecule is Cc1nnc(N2CCC[C@H](C(=O)N3CCN(c4ccccn4)CC3)C2)c2nn(-c3ccccc3)c(C)c12. The lowest BCUT2D eigenvalue weighted by Crippen LogP contribution is -2.52. The minimum atomic E-state index is -0.0504. The highest BCUT2D eigenvalue weighted by Gasteiger charge is 2.33. The molecule has 2 saturated heterocycles. The molecule has 1 atom stereocenters. The third-order valence-electron chi connectivity index (χ3n) is 7.62. The van der Waals surface area contributed by atoms with Gasteiger partial charge < -0.3 is 14.7 Å². The van der Waals surface area contributed by atoms with Crippen molar-refractivity contribution in [3.05, 3.63) is 66.1 Å². The first-order valence-corrected chi connectivity index (χ1v) is 13.1. The van der Waals surface area contributed by atoms with Crippen molar-refractivity contribution in [2.24, 2.45) is 5.92 Å². The number of rotatable bonds is 4. The number of piperidine rings is 1. The summed E-state index contributed by atoms with van der Waals surface area (Å²) in [7, 11) is 0. The van der Waals surface area contributed by atoms with E-state index in [0.717, 1.165) is 85.2 Å². The van der Waals surface area contributed by atoms with Gasteiger partial charge in [0.15, 0.2) is 5.82 Å². The zero-order valence-corrected chi connectivity index (χ0v) is 21.4. The molecule has 0 unspecified atom stereocenters. The first-order valence-electron chi connectivity index (χ1n) is 13.1. The molecule has 0 bridgehead atoms. The van der Waals surface area contributed by atoms with E-state index in [-0.39, 0.29) is 11.8 Å². The Morgan fingerprint density at radius 2 is 1.68 bits per heavy atom. The molecule has 3 aromatic heterocycles. The van der Waals surface area contributed by atoms with Crippen molar-refractivity contribution in [1.82, 2.24) is 29.9 Å². The lowest BCUT2D eigenvalue weighted by molar-refractivity contribution is -0.136. The van der Waals surface area contributed by atoms with Crippen molar-refractivity contribution in [2.75, 3.05) is 49.1 Å². The molecule has 0 aliphatic carbocycles. The maximum Gasteiger partial charge on any atom is 0.227 e. The maximum absolute atomic E-state index is 13.5. The van der Waals surface area contributed by atoms with E-state index in [0.29, 0.717) is 6.54 Å². The number of anilines is 2. The Labute approximate surface area is 216 Å². The van der Waals surface area contributed by atoms with Gasteiger partial charge in [-0.25, -0.2) is 9.67 Å². The molecule has 2 fully saturated rings. The van der Waals surface area contributed by atoms with Gasteiger partial charge in [0.2, 0.25) is 5.91 Å². The largest absolute Gasteiger partial charge is 0.353 e. The molecule has 37 heavy (non-hydrogen) atoms. The van der Waals surface area contributed by atoms with Gasteiger partial charge in [-0.05, 0) is 51.0 Å².